The molecule has 28 heavy (non-hydrogen) atoms. The van der Waals surface area contributed by atoms with Gasteiger partial charge in [0.15, 0.2) is 0 Å². The molecule has 0 fully saturated rings. The minimum absolute atomic E-state index is 0.00487. The number of nitro groups is 1. The fourth-order valence-electron chi connectivity index (χ4n) is 2.09. The van der Waals surface area contributed by atoms with Crippen LogP contribution < -0.4 is 15.8 Å². The predicted octanol–water partition coefficient (Wildman–Crippen LogP) is 3.04. The molecule has 0 saturated carbocycles. The van der Waals surface area contributed by atoms with Crippen LogP contribution in [-0.4, -0.2) is 16.9 Å². The summed E-state index contributed by atoms with van der Waals surface area (Å²) in [7, 11) is 0. The molecular formula is C18H13BrN4O5. The number of ether oxygens (including phenoxy) is 1. The molecule has 3 N–H and O–H groups in total. The number of nitro benzene ring substituents is 1. The van der Waals surface area contributed by atoms with Crippen LogP contribution in [0.3, 0.4) is 0 Å². The highest BCUT2D eigenvalue weighted by atomic mass is 79.9. The van der Waals surface area contributed by atoms with Gasteiger partial charge in [0.2, 0.25) is 0 Å². The second kappa shape index (κ2) is 9.29. The lowest BCUT2D eigenvalue weighted by Crippen LogP contribution is -2.35. The van der Waals surface area contributed by atoms with E-state index >= 15 is 0 Å². The average molecular weight is 445 g/mol. The summed E-state index contributed by atoms with van der Waals surface area (Å²) < 4.78 is 6.23. The van der Waals surface area contributed by atoms with E-state index in [1.165, 1.54) is 18.2 Å². The van der Waals surface area contributed by atoms with Gasteiger partial charge < -0.3 is 10.5 Å². The largest absolute Gasteiger partial charge is 0.488 e. The van der Waals surface area contributed by atoms with Crippen molar-refractivity contribution < 1.29 is 19.2 Å². The standard InChI is InChI=1S/C18H13BrN4O5/c19-15-8-12(7-13(9-20)17(24)22-18(21)25)3-6-16(15)28-10-11-1-4-14(5-2-11)23(26)27/h1-8H,10H2,(H3,21,22,24,25)/b13-7-. The average Bonchev–Trinajstić information content (AvgIpc) is 2.65. The van der Waals surface area contributed by atoms with E-state index in [0.717, 1.165) is 5.56 Å². The topological polar surface area (TPSA) is 148 Å². The fraction of sp³-hybridized carbons (Fsp3) is 0.0556. The summed E-state index contributed by atoms with van der Waals surface area (Å²) >= 11 is 3.34. The number of urea groups is 1. The third-order valence-electron chi connectivity index (χ3n) is 3.41. The minimum Gasteiger partial charge on any atom is -0.488 e. The molecule has 2 aromatic carbocycles. The van der Waals surface area contributed by atoms with Crippen LogP contribution in [0.4, 0.5) is 10.5 Å². The molecule has 0 atom stereocenters. The molecule has 0 aliphatic rings. The van der Waals surface area contributed by atoms with Gasteiger partial charge in [0.05, 0.1) is 9.40 Å². The van der Waals surface area contributed by atoms with Gasteiger partial charge in [0, 0.05) is 12.1 Å². The molecule has 0 aliphatic carbocycles. The highest BCUT2D eigenvalue weighted by Crippen LogP contribution is 2.28. The first-order valence-electron chi connectivity index (χ1n) is 7.68. The molecule has 142 valence electrons. The Morgan fingerprint density at radius 1 is 1.29 bits per heavy atom. The number of nitrogens with two attached hydrogens (primary N) is 1. The van der Waals surface area contributed by atoms with Gasteiger partial charge in [0.1, 0.15) is 24.0 Å². The minimum atomic E-state index is -1.05. The van der Waals surface area contributed by atoms with Crippen LogP contribution in [0.5, 0.6) is 5.75 Å². The number of non-ortho nitro benzene ring substituents is 1. The zero-order valence-electron chi connectivity index (χ0n) is 14.2. The van der Waals surface area contributed by atoms with Gasteiger partial charge in [-0.3, -0.25) is 20.2 Å². The van der Waals surface area contributed by atoms with E-state index in [2.05, 4.69) is 15.9 Å². The van der Waals surface area contributed by atoms with Crippen LogP contribution in [0, 0.1) is 21.4 Å². The van der Waals surface area contributed by atoms with Crippen molar-refractivity contribution in [1.29, 1.82) is 5.26 Å². The zero-order valence-corrected chi connectivity index (χ0v) is 15.8. The summed E-state index contributed by atoms with van der Waals surface area (Å²) in [6.45, 7) is 0.191. The van der Waals surface area contributed by atoms with Crippen molar-refractivity contribution in [3.05, 3.63) is 73.8 Å². The number of rotatable bonds is 6. The third-order valence-corrected chi connectivity index (χ3v) is 4.03. The molecule has 9 nitrogen and oxygen atoms in total. The number of halogens is 1. The van der Waals surface area contributed by atoms with Gasteiger partial charge in [-0.2, -0.15) is 5.26 Å². The summed E-state index contributed by atoms with van der Waals surface area (Å²) in [6.07, 6.45) is 1.29. The smallest absolute Gasteiger partial charge is 0.319 e. The number of carbonyl (C=O) groups excluding carboxylic acids is 2. The Labute approximate surface area is 167 Å². The van der Waals surface area contributed by atoms with Gasteiger partial charge in [-0.05, 0) is 57.4 Å². The maximum atomic E-state index is 11.7. The summed E-state index contributed by atoms with van der Waals surface area (Å²) in [5.74, 6) is -0.403. The van der Waals surface area contributed by atoms with E-state index in [4.69, 9.17) is 15.7 Å². The lowest BCUT2D eigenvalue weighted by atomic mass is 10.1. The predicted molar refractivity (Wildman–Crippen MR) is 103 cm³/mol. The number of nitrogens with one attached hydrogen (secondary N) is 1. The van der Waals surface area contributed by atoms with Crippen molar-refractivity contribution in [2.75, 3.05) is 0 Å². The van der Waals surface area contributed by atoms with Gasteiger partial charge in [-0.25, -0.2) is 4.79 Å². The van der Waals surface area contributed by atoms with Crippen LogP contribution in [0.15, 0.2) is 52.5 Å². The Morgan fingerprint density at radius 3 is 2.50 bits per heavy atom. The third kappa shape index (κ3) is 5.65. The quantitative estimate of drug-likeness (QED) is 0.302. The summed E-state index contributed by atoms with van der Waals surface area (Å²) in [4.78, 5) is 32.6. The molecule has 0 spiro atoms. The number of hydrogen-bond donors (Lipinski definition) is 2. The molecule has 0 unspecified atom stereocenters. The normalized spacial score (nSPS) is 10.6. The van der Waals surface area contributed by atoms with Crippen LogP contribution in [-0.2, 0) is 11.4 Å². The second-order valence-electron chi connectivity index (χ2n) is 5.39. The molecule has 0 heterocycles. The van der Waals surface area contributed by atoms with Crippen LogP contribution in [0.2, 0.25) is 0 Å². The Balaban J connectivity index is 2.10. The maximum absolute atomic E-state index is 11.7. The summed E-state index contributed by atoms with van der Waals surface area (Å²) in [5, 5.41) is 21.5. The van der Waals surface area contributed by atoms with E-state index in [0.29, 0.717) is 15.8 Å². The lowest BCUT2D eigenvalue weighted by Gasteiger charge is -2.09. The molecule has 2 rings (SSSR count). The van der Waals surface area contributed by atoms with E-state index in [1.807, 2.05) is 5.32 Å². The Kier molecular flexibility index (Phi) is 6.84. The highest BCUT2D eigenvalue weighted by molar-refractivity contribution is 9.10. The Bertz CT molecular complexity index is 996. The van der Waals surface area contributed by atoms with Crippen molar-refractivity contribution in [1.82, 2.24) is 5.32 Å². The molecule has 0 bridgehead atoms. The first-order valence-corrected chi connectivity index (χ1v) is 8.47. The molecule has 10 heteroatoms. The summed E-state index contributed by atoms with van der Waals surface area (Å²) in [5.41, 5.74) is 5.84. The number of nitrogens with zero attached hydrogens (tertiary/aromatic N) is 2. The number of primary amides is 1. The van der Waals surface area contributed by atoms with Crippen LogP contribution in [0.25, 0.3) is 6.08 Å². The monoisotopic (exact) mass is 444 g/mol. The number of hydrogen-bond acceptors (Lipinski definition) is 6. The van der Waals surface area contributed by atoms with Crippen LogP contribution >= 0.6 is 15.9 Å². The van der Waals surface area contributed by atoms with Crippen molar-refractivity contribution in [3.8, 4) is 11.8 Å². The van der Waals surface area contributed by atoms with Gasteiger partial charge in [0.25, 0.3) is 11.6 Å². The Morgan fingerprint density at radius 2 is 1.96 bits per heavy atom. The first-order chi connectivity index (χ1) is 13.3. The second-order valence-corrected chi connectivity index (χ2v) is 6.24. The number of benzene rings is 2. The molecule has 0 aromatic heterocycles. The summed E-state index contributed by atoms with van der Waals surface area (Å²) in [6, 6.07) is 11.5. The molecular weight excluding hydrogens is 432 g/mol. The fourth-order valence-corrected chi connectivity index (χ4v) is 2.60. The van der Waals surface area contributed by atoms with Crippen molar-refractivity contribution in [3.63, 3.8) is 0 Å². The number of nitriles is 1. The van der Waals surface area contributed by atoms with E-state index in [1.54, 1.807) is 36.4 Å². The van der Waals surface area contributed by atoms with Crippen molar-refractivity contribution >= 4 is 39.6 Å². The van der Waals surface area contributed by atoms with Crippen molar-refractivity contribution in [2.24, 2.45) is 5.73 Å². The zero-order chi connectivity index (χ0) is 20.7. The van der Waals surface area contributed by atoms with Crippen molar-refractivity contribution in [2.45, 2.75) is 6.61 Å². The lowest BCUT2D eigenvalue weighted by molar-refractivity contribution is -0.384. The highest BCUT2D eigenvalue weighted by Gasteiger charge is 2.12. The van der Waals surface area contributed by atoms with E-state index in [-0.39, 0.29) is 17.9 Å². The molecule has 0 aliphatic heterocycles. The van der Waals surface area contributed by atoms with Gasteiger partial charge >= 0.3 is 6.03 Å². The first kappa shape index (κ1) is 20.6. The molecule has 0 radical (unpaired) electrons. The van der Waals surface area contributed by atoms with Gasteiger partial charge in [-0.1, -0.05) is 6.07 Å². The SMILES string of the molecule is N#C/C(=C/c1ccc(OCc2ccc([N+](=O)[O-])cc2)c(Br)c1)C(=O)NC(N)=O. The number of imide groups is 1. The molecule has 0 saturated heterocycles. The molecule has 2 aromatic rings. The molecule has 3 amide bonds. The number of carbonyl (C=O) groups is 2. The maximum Gasteiger partial charge on any atom is 0.319 e. The van der Waals surface area contributed by atoms with Crippen LogP contribution in [0.1, 0.15) is 11.1 Å². The van der Waals surface area contributed by atoms with E-state index < -0.39 is 16.9 Å². The van der Waals surface area contributed by atoms with Gasteiger partial charge in [-0.15, -0.1) is 0 Å². The Hall–Kier alpha value is -3.71. The van der Waals surface area contributed by atoms with E-state index in [9.17, 15) is 19.7 Å². The number of amides is 3.